The van der Waals surface area contributed by atoms with Crippen LogP contribution in [0.3, 0.4) is 0 Å². The van der Waals surface area contributed by atoms with Crippen LogP contribution in [-0.2, 0) is 9.53 Å². The third-order valence-corrected chi connectivity index (χ3v) is 3.34. The van der Waals surface area contributed by atoms with Crippen LogP contribution < -0.4 is 4.74 Å². The van der Waals surface area contributed by atoms with Crippen molar-refractivity contribution in [3.05, 3.63) is 59.1 Å². The first-order valence-electron chi connectivity index (χ1n) is 6.36. The Morgan fingerprint density at radius 1 is 1.19 bits per heavy atom. The summed E-state index contributed by atoms with van der Waals surface area (Å²) in [5.74, 6) is -0.360. The standard InChI is InChI=1S/C16H15ClO4/c1-20-16(19)13(11-6-8-12(18)9-7-11)10-21-15-5-3-2-4-14(15)17/h2-9,13,18H,10H2,1H3. The highest BCUT2D eigenvalue weighted by molar-refractivity contribution is 6.32. The highest BCUT2D eigenvalue weighted by Crippen LogP contribution is 2.26. The SMILES string of the molecule is COC(=O)C(COc1ccccc1Cl)c1ccc(O)cc1. The van der Waals surface area contributed by atoms with Crippen molar-refractivity contribution in [2.45, 2.75) is 5.92 Å². The summed E-state index contributed by atoms with van der Waals surface area (Å²) in [5.41, 5.74) is 0.701. The Morgan fingerprint density at radius 3 is 2.48 bits per heavy atom. The molecule has 21 heavy (non-hydrogen) atoms. The fourth-order valence-corrected chi connectivity index (χ4v) is 2.07. The van der Waals surface area contributed by atoms with Gasteiger partial charge in [0, 0.05) is 0 Å². The van der Waals surface area contributed by atoms with E-state index >= 15 is 0 Å². The molecule has 2 aromatic carbocycles. The predicted molar refractivity (Wildman–Crippen MR) is 79.8 cm³/mol. The Bertz CT molecular complexity index is 610. The number of benzene rings is 2. The third kappa shape index (κ3) is 3.89. The number of esters is 1. The molecule has 2 aromatic rings. The van der Waals surface area contributed by atoms with Gasteiger partial charge >= 0.3 is 5.97 Å². The molecule has 0 spiro atoms. The van der Waals surface area contributed by atoms with Gasteiger partial charge in [-0.25, -0.2) is 0 Å². The van der Waals surface area contributed by atoms with Crippen molar-refractivity contribution in [3.63, 3.8) is 0 Å². The summed E-state index contributed by atoms with van der Waals surface area (Å²) >= 11 is 6.01. The minimum Gasteiger partial charge on any atom is -0.508 e. The topological polar surface area (TPSA) is 55.8 Å². The second-order valence-corrected chi connectivity index (χ2v) is 4.82. The molecule has 0 fully saturated rings. The summed E-state index contributed by atoms with van der Waals surface area (Å²) in [5, 5.41) is 9.79. The van der Waals surface area contributed by atoms with E-state index < -0.39 is 11.9 Å². The van der Waals surface area contributed by atoms with Gasteiger partial charge in [0.2, 0.25) is 0 Å². The average Bonchev–Trinajstić information content (AvgIpc) is 2.50. The van der Waals surface area contributed by atoms with Gasteiger partial charge in [-0.3, -0.25) is 4.79 Å². The molecular weight excluding hydrogens is 292 g/mol. The lowest BCUT2D eigenvalue weighted by Crippen LogP contribution is -2.21. The fraction of sp³-hybridized carbons (Fsp3) is 0.188. The molecule has 2 rings (SSSR count). The number of hydrogen-bond donors (Lipinski definition) is 1. The molecule has 4 nitrogen and oxygen atoms in total. The Morgan fingerprint density at radius 2 is 1.86 bits per heavy atom. The van der Waals surface area contributed by atoms with E-state index in [1.54, 1.807) is 36.4 Å². The number of para-hydroxylation sites is 1. The molecule has 0 saturated heterocycles. The molecule has 0 heterocycles. The first-order chi connectivity index (χ1) is 10.1. The number of carbonyl (C=O) groups is 1. The molecule has 0 aliphatic carbocycles. The van der Waals surface area contributed by atoms with Crippen LogP contribution in [0.15, 0.2) is 48.5 Å². The van der Waals surface area contributed by atoms with Gasteiger partial charge in [0.25, 0.3) is 0 Å². The van der Waals surface area contributed by atoms with E-state index in [1.807, 2.05) is 0 Å². The summed E-state index contributed by atoms with van der Waals surface area (Å²) in [6, 6.07) is 13.4. The zero-order valence-corrected chi connectivity index (χ0v) is 12.2. The van der Waals surface area contributed by atoms with Crippen LogP contribution >= 0.6 is 11.6 Å². The number of phenols is 1. The fourth-order valence-electron chi connectivity index (χ4n) is 1.88. The second kappa shape index (κ2) is 6.99. The van der Waals surface area contributed by atoms with E-state index in [0.717, 1.165) is 0 Å². The summed E-state index contributed by atoms with van der Waals surface area (Å²) in [6.45, 7) is 0.0984. The quantitative estimate of drug-likeness (QED) is 0.860. The Balaban J connectivity index is 2.16. The molecule has 0 radical (unpaired) electrons. The predicted octanol–water partition coefficient (Wildman–Crippen LogP) is 3.38. The maximum atomic E-state index is 11.9. The van der Waals surface area contributed by atoms with Crippen LogP contribution in [-0.4, -0.2) is 24.8 Å². The number of hydrogen-bond acceptors (Lipinski definition) is 4. The number of halogens is 1. The Hall–Kier alpha value is -2.20. The van der Waals surface area contributed by atoms with Gasteiger partial charge in [0.15, 0.2) is 0 Å². The van der Waals surface area contributed by atoms with Gasteiger partial charge in [-0.05, 0) is 29.8 Å². The summed E-state index contributed by atoms with van der Waals surface area (Å²) in [4.78, 5) is 11.9. The van der Waals surface area contributed by atoms with Crippen molar-refractivity contribution in [1.29, 1.82) is 0 Å². The minimum absolute atomic E-state index is 0.0984. The molecule has 0 bridgehead atoms. The third-order valence-electron chi connectivity index (χ3n) is 3.02. The number of methoxy groups -OCH3 is 1. The monoisotopic (exact) mass is 306 g/mol. The molecule has 1 unspecified atom stereocenters. The van der Waals surface area contributed by atoms with E-state index in [1.165, 1.54) is 19.2 Å². The Kier molecular flexibility index (Phi) is 5.06. The van der Waals surface area contributed by atoms with Gasteiger partial charge < -0.3 is 14.6 Å². The van der Waals surface area contributed by atoms with Crippen molar-refractivity contribution >= 4 is 17.6 Å². The molecule has 1 atom stereocenters. The zero-order chi connectivity index (χ0) is 15.2. The van der Waals surface area contributed by atoms with Crippen molar-refractivity contribution in [2.75, 3.05) is 13.7 Å². The van der Waals surface area contributed by atoms with Crippen molar-refractivity contribution in [1.82, 2.24) is 0 Å². The number of ether oxygens (including phenoxy) is 2. The van der Waals surface area contributed by atoms with Gasteiger partial charge in [-0.2, -0.15) is 0 Å². The first kappa shape index (κ1) is 15.2. The molecule has 0 amide bonds. The summed E-state index contributed by atoms with van der Waals surface area (Å²) in [7, 11) is 1.32. The smallest absolute Gasteiger partial charge is 0.316 e. The van der Waals surface area contributed by atoms with Crippen LogP contribution in [0.25, 0.3) is 0 Å². The molecular formula is C16H15ClO4. The van der Waals surface area contributed by atoms with Crippen LogP contribution in [0, 0.1) is 0 Å². The molecule has 0 saturated carbocycles. The van der Waals surface area contributed by atoms with E-state index in [0.29, 0.717) is 16.3 Å². The van der Waals surface area contributed by atoms with Crippen LogP contribution in [0.1, 0.15) is 11.5 Å². The van der Waals surface area contributed by atoms with Gasteiger partial charge in [0.1, 0.15) is 24.0 Å². The van der Waals surface area contributed by atoms with E-state index in [-0.39, 0.29) is 12.4 Å². The van der Waals surface area contributed by atoms with E-state index in [9.17, 15) is 9.90 Å². The van der Waals surface area contributed by atoms with Crippen LogP contribution in [0.4, 0.5) is 0 Å². The van der Waals surface area contributed by atoms with Gasteiger partial charge in [-0.15, -0.1) is 0 Å². The van der Waals surface area contributed by atoms with Gasteiger partial charge in [-0.1, -0.05) is 35.9 Å². The van der Waals surface area contributed by atoms with Gasteiger partial charge in [0.05, 0.1) is 12.1 Å². The van der Waals surface area contributed by atoms with Crippen LogP contribution in [0.2, 0.25) is 5.02 Å². The number of carbonyl (C=O) groups excluding carboxylic acids is 1. The van der Waals surface area contributed by atoms with Crippen molar-refractivity contribution < 1.29 is 19.4 Å². The number of phenolic OH excluding ortho intramolecular Hbond substituents is 1. The maximum absolute atomic E-state index is 11.9. The van der Waals surface area contributed by atoms with E-state index in [2.05, 4.69) is 0 Å². The lowest BCUT2D eigenvalue weighted by Gasteiger charge is -2.16. The molecule has 5 heteroatoms. The lowest BCUT2D eigenvalue weighted by atomic mass is 10.00. The average molecular weight is 307 g/mol. The normalized spacial score (nSPS) is 11.7. The van der Waals surface area contributed by atoms with Crippen molar-refractivity contribution in [2.24, 2.45) is 0 Å². The Labute approximate surface area is 127 Å². The summed E-state index contributed by atoms with van der Waals surface area (Å²) in [6.07, 6.45) is 0. The largest absolute Gasteiger partial charge is 0.508 e. The minimum atomic E-state index is -0.591. The zero-order valence-electron chi connectivity index (χ0n) is 11.5. The summed E-state index contributed by atoms with van der Waals surface area (Å²) < 4.78 is 10.4. The molecule has 1 N–H and O–H groups in total. The molecule has 110 valence electrons. The highest BCUT2D eigenvalue weighted by Gasteiger charge is 2.22. The highest BCUT2D eigenvalue weighted by atomic mass is 35.5. The number of rotatable bonds is 5. The van der Waals surface area contributed by atoms with Crippen molar-refractivity contribution in [3.8, 4) is 11.5 Å². The van der Waals surface area contributed by atoms with Crippen LogP contribution in [0.5, 0.6) is 11.5 Å². The molecule has 0 aliphatic rings. The first-order valence-corrected chi connectivity index (χ1v) is 6.73. The second-order valence-electron chi connectivity index (χ2n) is 4.41. The molecule has 0 aliphatic heterocycles. The van der Waals surface area contributed by atoms with E-state index in [4.69, 9.17) is 21.1 Å². The molecule has 0 aromatic heterocycles. The lowest BCUT2D eigenvalue weighted by molar-refractivity contribution is -0.143. The maximum Gasteiger partial charge on any atom is 0.316 e. The number of aromatic hydroxyl groups is 1.